The van der Waals surface area contributed by atoms with E-state index < -0.39 is 0 Å². The molecule has 0 unspecified atom stereocenters. The van der Waals surface area contributed by atoms with Crippen LogP contribution in [0.5, 0.6) is 0 Å². The van der Waals surface area contributed by atoms with Gasteiger partial charge in [0.1, 0.15) is 0 Å². The highest BCUT2D eigenvalue weighted by Gasteiger charge is 2.35. The summed E-state index contributed by atoms with van der Waals surface area (Å²) in [5.41, 5.74) is 3.13. The quantitative estimate of drug-likeness (QED) is 0.815. The summed E-state index contributed by atoms with van der Waals surface area (Å²) in [6.45, 7) is 5.69. The SMILES string of the molecule is COCCCNC(=O)[C@@H]1CC(=O)N(c2cc(C)cc(C)c2)C1. The van der Waals surface area contributed by atoms with E-state index in [0.717, 1.165) is 23.2 Å². The van der Waals surface area contributed by atoms with Crippen LogP contribution in [0.15, 0.2) is 18.2 Å². The maximum atomic E-state index is 12.2. The number of ether oxygens (including phenoxy) is 1. The molecule has 0 spiro atoms. The predicted octanol–water partition coefficient (Wildman–Crippen LogP) is 1.81. The van der Waals surface area contributed by atoms with Gasteiger partial charge < -0.3 is 15.0 Å². The van der Waals surface area contributed by atoms with E-state index in [1.165, 1.54) is 0 Å². The summed E-state index contributed by atoms with van der Waals surface area (Å²) in [4.78, 5) is 26.1. The molecular weight excluding hydrogens is 280 g/mol. The predicted molar refractivity (Wildman–Crippen MR) is 85.9 cm³/mol. The highest BCUT2D eigenvalue weighted by molar-refractivity contribution is 6.00. The van der Waals surface area contributed by atoms with E-state index >= 15 is 0 Å². The summed E-state index contributed by atoms with van der Waals surface area (Å²) in [6, 6.07) is 6.05. The molecule has 5 heteroatoms. The van der Waals surface area contributed by atoms with Gasteiger partial charge in [0.25, 0.3) is 0 Å². The molecule has 1 fully saturated rings. The number of anilines is 1. The van der Waals surface area contributed by atoms with Crippen LogP contribution < -0.4 is 10.2 Å². The number of aryl methyl sites for hydroxylation is 2. The van der Waals surface area contributed by atoms with E-state index in [2.05, 4.69) is 11.4 Å². The molecule has 0 radical (unpaired) electrons. The Kier molecular flexibility index (Phi) is 5.55. The Morgan fingerprint density at radius 3 is 2.64 bits per heavy atom. The third kappa shape index (κ3) is 4.07. The molecule has 1 aromatic rings. The van der Waals surface area contributed by atoms with Gasteiger partial charge >= 0.3 is 0 Å². The molecule has 120 valence electrons. The van der Waals surface area contributed by atoms with Gasteiger partial charge in [-0.2, -0.15) is 0 Å². The van der Waals surface area contributed by atoms with Gasteiger partial charge in [0.05, 0.1) is 5.92 Å². The maximum Gasteiger partial charge on any atom is 0.227 e. The zero-order valence-corrected chi connectivity index (χ0v) is 13.5. The minimum atomic E-state index is -0.268. The summed E-state index contributed by atoms with van der Waals surface area (Å²) < 4.78 is 4.95. The van der Waals surface area contributed by atoms with Gasteiger partial charge in [-0.25, -0.2) is 0 Å². The van der Waals surface area contributed by atoms with Crippen molar-refractivity contribution in [1.29, 1.82) is 0 Å². The van der Waals surface area contributed by atoms with E-state index in [-0.39, 0.29) is 24.2 Å². The van der Waals surface area contributed by atoms with Gasteiger partial charge in [0.2, 0.25) is 11.8 Å². The molecule has 2 amide bonds. The van der Waals surface area contributed by atoms with Gasteiger partial charge in [-0.05, 0) is 43.5 Å². The van der Waals surface area contributed by atoms with Crippen LogP contribution in [0.25, 0.3) is 0 Å². The van der Waals surface area contributed by atoms with Gasteiger partial charge in [0.15, 0.2) is 0 Å². The smallest absolute Gasteiger partial charge is 0.227 e. The molecule has 5 nitrogen and oxygen atoms in total. The zero-order chi connectivity index (χ0) is 16.1. The Bertz CT molecular complexity index is 537. The van der Waals surface area contributed by atoms with Crippen molar-refractivity contribution in [2.75, 3.05) is 31.7 Å². The van der Waals surface area contributed by atoms with E-state index in [1.54, 1.807) is 12.0 Å². The average molecular weight is 304 g/mol. The van der Waals surface area contributed by atoms with E-state index in [1.807, 2.05) is 26.0 Å². The van der Waals surface area contributed by atoms with E-state index in [0.29, 0.717) is 19.7 Å². The molecular formula is C17H24N2O3. The third-order valence-corrected chi connectivity index (χ3v) is 3.84. The lowest BCUT2D eigenvalue weighted by Gasteiger charge is -2.18. The molecule has 0 aromatic heterocycles. The molecule has 1 heterocycles. The number of methoxy groups -OCH3 is 1. The third-order valence-electron chi connectivity index (χ3n) is 3.84. The van der Waals surface area contributed by atoms with Gasteiger partial charge in [-0.1, -0.05) is 6.07 Å². The zero-order valence-electron chi connectivity index (χ0n) is 13.5. The standard InChI is InChI=1S/C17H24N2O3/c1-12-7-13(2)9-15(8-12)19-11-14(10-16(19)20)17(21)18-5-4-6-22-3/h7-9,14H,4-6,10-11H2,1-3H3,(H,18,21)/t14-/m1/s1. The van der Waals surface area contributed by atoms with Gasteiger partial charge in [-0.15, -0.1) is 0 Å². The van der Waals surface area contributed by atoms with Crippen LogP contribution in [0.1, 0.15) is 24.0 Å². The summed E-state index contributed by atoms with van der Waals surface area (Å²) >= 11 is 0. The normalized spacial score (nSPS) is 17.9. The van der Waals surface area contributed by atoms with Gasteiger partial charge in [0, 0.05) is 38.9 Å². The second-order valence-electron chi connectivity index (χ2n) is 5.89. The summed E-state index contributed by atoms with van der Waals surface area (Å²) in [5.74, 6) is -0.297. The lowest BCUT2D eigenvalue weighted by Crippen LogP contribution is -2.33. The molecule has 1 saturated heterocycles. The van der Waals surface area contributed by atoms with Crippen LogP contribution in [0.4, 0.5) is 5.69 Å². The number of rotatable bonds is 6. The van der Waals surface area contributed by atoms with Crippen molar-refractivity contribution in [3.63, 3.8) is 0 Å². The number of carbonyl (C=O) groups is 2. The van der Waals surface area contributed by atoms with Crippen LogP contribution in [0.2, 0.25) is 0 Å². The molecule has 1 N–H and O–H groups in total. The van der Waals surface area contributed by atoms with E-state index in [4.69, 9.17) is 4.74 Å². The van der Waals surface area contributed by atoms with Gasteiger partial charge in [-0.3, -0.25) is 9.59 Å². The molecule has 0 bridgehead atoms. The number of nitrogens with one attached hydrogen (secondary N) is 1. The fourth-order valence-corrected chi connectivity index (χ4v) is 2.81. The van der Waals surface area contributed by atoms with Crippen LogP contribution in [0.3, 0.4) is 0 Å². The van der Waals surface area contributed by atoms with Crippen LogP contribution >= 0.6 is 0 Å². The lowest BCUT2D eigenvalue weighted by atomic mass is 10.1. The summed E-state index contributed by atoms with van der Waals surface area (Å²) in [5, 5.41) is 2.88. The van der Waals surface area contributed by atoms with Crippen molar-refractivity contribution in [2.45, 2.75) is 26.7 Å². The number of hydrogen-bond donors (Lipinski definition) is 1. The Labute approximate surface area is 131 Å². The lowest BCUT2D eigenvalue weighted by molar-refractivity contribution is -0.126. The highest BCUT2D eigenvalue weighted by Crippen LogP contribution is 2.27. The maximum absolute atomic E-state index is 12.2. The van der Waals surface area contributed by atoms with Crippen LogP contribution in [-0.4, -0.2) is 38.6 Å². The molecule has 1 aliphatic rings. The Morgan fingerprint density at radius 1 is 1.32 bits per heavy atom. The summed E-state index contributed by atoms with van der Waals surface area (Å²) in [7, 11) is 1.64. The molecule has 1 aliphatic heterocycles. The second kappa shape index (κ2) is 7.40. The van der Waals surface area contributed by atoms with Crippen LogP contribution in [-0.2, 0) is 14.3 Å². The summed E-state index contributed by atoms with van der Waals surface area (Å²) in [6.07, 6.45) is 1.06. The second-order valence-corrected chi connectivity index (χ2v) is 5.89. The molecule has 0 saturated carbocycles. The molecule has 1 atom stereocenters. The van der Waals surface area contributed by atoms with Crippen molar-refractivity contribution in [3.05, 3.63) is 29.3 Å². The first kappa shape index (κ1) is 16.5. The van der Waals surface area contributed by atoms with Crippen molar-refractivity contribution < 1.29 is 14.3 Å². The van der Waals surface area contributed by atoms with Crippen LogP contribution in [0, 0.1) is 19.8 Å². The topological polar surface area (TPSA) is 58.6 Å². The minimum absolute atomic E-state index is 0.0158. The first-order chi connectivity index (χ1) is 10.5. The molecule has 2 rings (SSSR count). The van der Waals surface area contributed by atoms with Crippen molar-refractivity contribution >= 4 is 17.5 Å². The number of benzene rings is 1. The average Bonchev–Trinajstić information content (AvgIpc) is 2.84. The first-order valence-electron chi connectivity index (χ1n) is 7.66. The fraction of sp³-hybridized carbons (Fsp3) is 0.529. The van der Waals surface area contributed by atoms with Crippen molar-refractivity contribution in [1.82, 2.24) is 5.32 Å². The number of amides is 2. The molecule has 1 aromatic carbocycles. The Hall–Kier alpha value is -1.88. The Balaban J connectivity index is 1.97. The number of carbonyl (C=O) groups excluding carboxylic acids is 2. The van der Waals surface area contributed by atoms with Crippen molar-refractivity contribution in [3.8, 4) is 0 Å². The fourth-order valence-electron chi connectivity index (χ4n) is 2.81. The molecule has 22 heavy (non-hydrogen) atoms. The van der Waals surface area contributed by atoms with Crippen molar-refractivity contribution in [2.24, 2.45) is 5.92 Å². The monoisotopic (exact) mass is 304 g/mol. The van der Waals surface area contributed by atoms with E-state index in [9.17, 15) is 9.59 Å². The molecule has 0 aliphatic carbocycles. The Morgan fingerprint density at radius 2 is 2.00 bits per heavy atom. The largest absolute Gasteiger partial charge is 0.385 e. The highest BCUT2D eigenvalue weighted by atomic mass is 16.5. The first-order valence-corrected chi connectivity index (χ1v) is 7.66. The minimum Gasteiger partial charge on any atom is -0.385 e. The number of hydrogen-bond acceptors (Lipinski definition) is 3. The number of nitrogens with zero attached hydrogens (tertiary/aromatic N) is 1.